The van der Waals surface area contributed by atoms with Crippen LogP contribution in [0, 0.1) is 0 Å². The topological polar surface area (TPSA) is 47.3 Å². The summed E-state index contributed by atoms with van der Waals surface area (Å²) in [6.45, 7) is 0.673. The summed E-state index contributed by atoms with van der Waals surface area (Å²) in [6.07, 6.45) is 5.57. The third-order valence-corrected chi connectivity index (χ3v) is 2.04. The van der Waals surface area contributed by atoms with E-state index in [-0.39, 0.29) is 0 Å². The van der Waals surface area contributed by atoms with Crippen LogP contribution in [0.4, 0.5) is 0 Å². The molecule has 2 heterocycles. The summed E-state index contributed by atoms with van der Waals surface area (Å²) >= 11 is 0. The molecule has 13 heavy (non-hydrogen) atoms. The van der Waals surface area contributed by atoms with Gasteiger partial charge in [0.05, 0.1) is 12.8 Å². The van der Waals surface area contributed by atoms with Gasteiger partial charge in [0.25, 0.3) is 0 Å². The molecule has 70 valence electrons. The number of nitrogens with zero attached hydrogens (tertiary/aromatic N) is 2. The Morgan fingerprint density at radius 2 is 2.54 bits per heavy atom. The summed E-state index contributed by atoms with van der Waals surface area (Å²) in [5, 5.41) is 13.8. The van der Waals surface area contributed by atoms with Gasteiger partial charge in [-0.05, 0) is 6.08 Å². The van der Waals surface area contributed by atoms with Crippen molar-refractivity contribution < 1.29 is 9.84 Å². The highest BCUT2D eigenvalue weighted by Crippen LogP contribution is 2.25. The Balaban J connectivity index is 2.16. The number of aryl methyl sites for hydroxylation is 1. The second-order valence-electron chi connectivity index (χ2n) is 3.09. The van der Waals surface area contributed by atoms with Crippen LogP contribution in [0.25, 0.3) is 0 Å². The molecule has 0 aliphatic carbocycles. The fraction of sp³-hybridized carbons (Fsp3) is 0.444. The Morgan fingerprint density at radius 3 is 3.08 bits per heavy atom. The molecule has 0 saturated heterocycles. The van der Waals surface area contributed by atoms with Gasteiger partial charge in [-0.3, -0.25) is 4.68 Å². The molecule has 0 amide bonds. The van der Waals surface area contributed by atoms with Crippen LogP contribution in [0.3, 0.4) is 0 Å². The van der Waals surface area contributed by atoms with Crippen molar-refractivity contribution in [1.29, 1.82) is 0 Å². The van der Waals surface area contributed by atoms with Crippen LogP contribution < -0.4 is 0 Å². The number of ether oxygens (including phenoxy) is 1. The highest BCUT2D eigenvalue weighted by molar-refractivity contribution is 5.19. The van der Waals surface area contributed by atoms with E-state index in [2.05, 4.69) is 5.10 Å². The maximum atomic E-state index is 9.79. The minimum atomic E-state index is -0.656. The number of aliphatic hydroxyl groups is 1. The molecule has 1 N–H and O–H groups in total. The molecule has 1 aliphatic rings. The molecule has 1 unspecified atom stereocenters. The average Bonchev–Trinajstić information content (AvgIpc) is 2.72. The highest BCUT2D eigenvalue weighted by Gasteiger charge is 2.18. The lowest BCUT2D eigenvalue weighted by Crippen LogP contribution is -2.00. The van der Waals surface area contributed by atoms with Crippen molar-refractivity contribution in [1.82, 2.24) is 9.78 Å². The van der Waals surface area contributed by atoms with E-state index in [1.807, 2.05) is 13.1 Å². The predicted octanol–water partition coefficient (Wildman–Crippen LogP) is 0.758. The zero-order valence-corrected chi connectivity index (χ0v) is 7.47. The molecule has 4 heteroatoms. The van der Waals surface area contributed by atoms with Gasteiger partial charge in [-0.1, -0.05) is 0 Å². The van der Waals surface area contributed by atoms with E-state index >= 15 is 0 Å². The summed E-state index contributed by atoms with van der Waals surface area (Å²) < 4.78 is 6.91. The SMILES string of the molecule is Cn1cc(C(O)C2=CCCO2)cn1. The van der Waals surface area contributed by atoms with E-state index in [4.69, 9.17) is 4.74 Å². The second-order valence-corrected chi connectivity index (χ2v) is 3.09. The molecule has 1 aromatic heterocycles. The summed E-state index contributed by atoms with van der Waals surface area (Å²) in [5.74, 6) is 0.646. The molecular formula is C9H12N2O2. The molecule has 4 nitrogen and oxygen atoms in total. The lowest BCUT2D eigenvalue weighted by Gasteiger charge is -2.09. The quantitative estimate of drug-likeness (QED) is 0.730. The molecule has 0 radical (unpaired) electrons. The molecule has 0 saturated carbocycles. The first-order valence-corrected chi connectivity index (χ1v) is 4.27. The van der Waals surface area contributed by atoms with Gasteiger partial charge < -0.3 is 9.84 Å². The number of rotatable bonds is 2. The van der Waals surface area contributed by atoms with Gasteiger partial charge in [-0.2, -0.15) is 5.10 Å². The van der Waals surface area contributed by atoms with E-state index in [9.17, 15) is 5.11 Å². The highest BCUT2D eigenvalue weighted by atomic mass is 16.5. The van der Waals surface area contributed by atoms with E-state index in [0.29, 0.717) is 12.4 Å². The Hall–Kier alpha value is -1.29. The van der Waals surface area contributed by atoms with Gasteiger partial charge >= 0.3 is 0 Å². The Labute approximate surface area is 76.4 Å². The maximum Gasteiger partial charge on any atom is 0.139 e. The van der Waals surface area contributed by atoms with Gasteiger partial charge in [-0.25, -0.2) is 0 Å². The molecule has 0 aromatic carbocycles. The zero-order chi connectivity index (χ0) is 9.26. The van der Waals surface area contributed by atoms with Crippen LogP contribution in [0.5, 0.6) is 0 Å². The van der Waals surface area contributed by atoms with E-state index in [1.54, 1.807) is 17.1 Å². The molecule has 0 spiro atoms. The fourth-order valence-corrected chi connectivity index (χ4v) is 1.37. The number of hydrogen-bond acceptors (Lipinski definition) is 3. The summed E-state index contributed by atoms with van der Waals surface area (Å²) in [4.78, 5) is 0. The fourth-order valence-electron chi connectivity index (χ4n) is 1.37. The largest absolute Gasteiger partial charge is 0.495 e. The summed E-state index contributed by atoms with van der Waals surface area (Å²) in [5.41, 5.74) is 0.774. The maximum absolute atomic E-state index is 9.79. The molecular weight excluding hydrogens is 168 g/mol. The smallest absolute Gasteiger partial charge is 0.139 e. The minimum absolute atomic E-state index is 0.646. The lowest BCUT2D eigenvalue weighted by atomic mass is 10.1. The van der Waals surface area contributed by atoms with Gasteiger partial charge in [0.1, 0.15) is 11.9 Å². The van der Waals surface area contributed by atoms with Crippen LogP contribution >= 0.6 is 0 Å². The number of aromatic nitrogens is 2. The summed E-state index contributed by atoms with van der Waals surface area (Å²) in [7, 11) is 1.82. The molecule has 1 aliphatic heterocycles. The zero-order valence-electron chi connectivity index (χ0n) is 7.47. The van der Waals surface area contributed by atoms with E-state index in [0.717, 1.165) is 12.0 Å². The van der Waals surface area contributed by atoms with Crippen LogP contribution in [-0.2, 0) is 11.8 Å². The van der Waals surface area contributed by atoms with E-state index < -0.39 is 6.10 Å². The van der Waals surface area contributed by atoms with Gasteiger partial charge in [0.15, 0.2) is 0 Å². The predicted molar refractivity (Wildman–Crippen MR) is 46.8 cm³/mol. The minimum Gasteiger partial charge on any atom is -0.495 e. The first-order valence-electron chi connectivity index (χ1n) is 4.27. The lowest BCUT2D eigenvalue weighted by molar-refractivity contribution is 0.119. The van der Waals surface area contributed by atoms with Gasteiger partial charge in [-0.15, -0.1) is 0 Å². The van der Waals surface area contributed by atoms with Gasteiger partial charge in [0.2, 0.25) is 0 Å². The first-order chi connectivity index (χ1) is 6.27. The van der Waals surface area contributed by atoms with E-state index in [1.165, 1.54) is 0 Å². The van der Waals surface area contributed by atoms with Crippen molar-refractivity contribution in [3.63, 3.8) is 0 Å². The second kappa shape index (κ2) is 3.22. The van der Waals surface area contributed by atoms with Crippen LogP contribution in [0.15, 0.2) is 24.2 Å². The van der Waals surface area contributed by atoms with Crippen molar-refractivity contribution in [2.45, 2.75) is 12.5 Å². The standard InChI is InChI=1S/C9H12N2O2/c1-11-6-7(5-10-11)9(12)8-3-2-4-13-8/h3,5-6,9,12H,2,4H2,1H3. The Bertz CT molecular complexity index is 330. The first kappa shape index (κ1) is 8.31. The van der Waals surface area contributed by atoms with Crippen molar-refractivity contribution in [2.24, 2.45) is 7.05 Å². The normalized spacial score (nSPS) is 18.2. The monoisotopic (exact) mass is 180 g/mol. The third-order valence-electron chi connectivity index (χ3n) is 2.04. The van der Waals surface area contributed by atoms with Gasteiger partial charge in [0, 0.05) is 25.2 Å². The molecule has 1 aromatic rings. The molecule has 2 rings (SSSR count). The third kappa shape index (κ3) is 1.58. The molecule has 0 fully saturated rings. The Kier molecular flexibility index (Phi) is 2.06. The number of hydrogen-bond donors (Lipinski definition) is 1. The van der Waals surface area contributed by atoms with Crippen molar-refractivity contribution in [3.8, 4) is 0 Å². The average molecular weight is 180 g/mol. The van der Waals surface area contributed by atoms with Crippen molar-refractivity contribution in [2.75, 3.05) is 6.61 Å². The van der Waals surface area contributed by atoms with Crippen molar-refractivity contribution in [3.05, 3.63) is 29.8 Å². The number of aliphatic hydroxyl groups excluding tert-OH is 1. The van der Waals surface area contributed by atoms with Crippen LogP contribution in [-0.4, -0.2) is 21.5 Å². The van der Waals surface area contributed by atoms with Crippen LogP contribution in [0.2, 0.25) is 0 Å². The Morgan fingerprint density at radius 1 is 1.69 bits per heavy atom. The molecule has 1 atom stereocenters. The molecule has 0 bridgehead atoms. The van der Waals surface area contributed by atoms with Crippen LogP contribution in [0.1, 0.15) is 18.1 Å². The summed E-state index contributed by atoms with van der Waals surface area (Å²) in [6, 6.07) is 0. The van der Waals surface area contributed by atoms with Crippen molar-refractivity contribution >= 4 is 0 Å².